The van der Waals surface area contributed by atoms with Crippen molar-refractivity contribution >= 4 is 27.5 Å². The summed E-state index contributed by atoms with van der Waals surface area (Å²) in [6.07, 6.45) is 1.93. The predicted molar refractivity (Wildman–Crippen MR) is 96.2 cm³/mol. The fourth-order valence-electron chi connectivity index (χ4n) is 2.54. The summed E-state index contributed by atoms with van der Waals surface area (Å²) in [6.45, 7) is 10.1. The number of hydrogen-bond donors (Lipinski definition) is 1. The lowest BCUT2D eigenvalue weighted by molar-refractivity contribution is 0.0919. The van der Waals surface area contributed by atoms with E-state index in [0.29, 0.717) is 23.6 Å². The number of hydrogen-bond acceptors (Lipinski definition) is 4. The second kappa shape index (κ2) is 6.55. The van der Waals surface area contributed by atoms with E-state index >= 15 is 0 Å². The number of rotatable bonds is 4. The Morgan fingerprint density at radius 1 is 1.29 bits per heavy atom. The number of nitrogens with one attached hydrogen (secondary N) is 1. The number of unbranched alkanes of at least 4 members (excludes halogenated alkanes) is 1. The van der Waals surface area contributed by atoms with Crippen LogP contribution in [0.15, 0.2) is 27.5 Å². The molecule has 1 aliphatic heterocycles. The van der Waals surface area contributed by atoms with Gasteiger partial charge >= 0.3 is 0 Å². The second-order valence-electron chi connectivity index (χ2n) is 7.01. The van der Waals surface area contributed by atoms with Crippen LogP contribution in [-0.4, -0.2) is 32.2 Å². The van der Waals surface area contributed by atoms with Gasteiger partial charge in [0.25, 0.3) is 15.9 Å². The van der Waals surface area contributed by atoms with E-state index < -0.39 is 15.6 Å². The van der Waals surface area contributed by atoms with Crippen molar-refractivity contribution in [1.82, 2.24) is 5.32 Å². The molecule has 0 aliphatic carbocycles. The lowest BCUT2D eigenvalue weighted by Gasteiger charge is -2.29. The lowest BCUT2D eigenvalue weighted by atomic mass is 10.1. The first-order chi connectivity index (χ1) is 11.0. The van der Waals surface area contributed by atoms with Gasteiger partial charge in [0.1, 0.15) is 10.7 Å². The summed E-state index contributed by atoms with van der Waals surface area (Å²) in [4.78, 5) is 14.3. The van der Waals surface area contributed by atoms with E-state index in [4.69, 9.17) is 0 Å². The maximum Gasteiger partial charge on any atom is 0.286 e. The highest BCUT2D eigenvalue weighted by Crippen LogP contribution is 2.32. The van der Waals surface area contributed by atoms with E-state index in [1.165, 1.54) is 6.07 Å². The monoisotopic (exact) mass is 351 g/mol. The van der Waals surface area contributed by atoms with Crippen molar-refractivity contribution in [3.05, 3.63) is 23.8 Å². The Balaban J connectivity index is 2.46. The van der Waals surface area contributed by atoms with Gasteiger partial charge in [0.15, 0.2) is 0 Å². The van der Waals surface area contributed by atoms with Crippen molar-refractivity contribution in [2.24, 2.45) is 4.40 Å². The molecule has 1 aromatic rings. The van der Waals surface area contributed by atoms with Crippen LogP contribution >= 0.6 is 0 Å². The van der Waals surface area contributed by atoms with Gasteiger partial charge in [-0.25, -0.2) is 0 Å². The van der Waals surface area contributed by atoms with Crippen LogP contribution in [0.2, 0.25) is 0 Å². The number of carbonyl (C=O) groups is 1. The van der Waals surface area contributed by atoms with Crippen LogP contribution < -0.4 is 10.2 Å². The Morgan fingerprint density at radius 3 is 2.54 bits per heavy atom. The maximum atomic E-state index is 12.4. The predicted octanol–water partition coefficient (Wildman–Crippen LogP) is 2.94. The zero-order valence-corrected chi connectivity index (χ0v) is 15.7. The van der Waals surface area contributed by atoms with Crippen molar-refractivity contribution in [2.45, 2.75) is 57.9 Å². The standard InChI is InChI=1S/C17H25N3O3S/c1-6-7-10-20-12(2)19-24(22,23)15-11-13(8-9-14(15)20)16(21)18-17(3,4)5/h8-9,11H,6-7,10H2,1-5H3,(H,18,21). The SMILES string of the molecule is CCCCN1C(C)=NS(=O)(=O)c2cc(C(=O)NC(C)(C)C)ccc21. The van der Waals surface area contributed by atoms with Crippen molar-refractivity contribution in [1.29, 1.82) is 0 Å². The first-order valence-corrected chi connectivity index (χ1v) is 9.55. The number of carbonyl (C=O) groups excluding carboxylic acids is 1. The van der Waals surface area contributed by atoms with E-state index in [9.17, 15) is 13.2 Å². The molecule has 0 aromatic heterocycles. The van der Waals surface area contributed by atoms with Gasteiger partial charge in [-0.15, -0.1) is 4.40 Å². The van der Waals surface area contributed by atoms with Crippen LogP contribution in [0.3, 0.4) is 0 Å². The Bertz CT molecular complexity index is 777. The number of benzene rings is 1. The second-order valence-corrected chi connectivity index (χ2v) is 8.58. The molecule has 0 saturated carbocycles. The summed E-state index contributed by atoms with van der Waals surface area (Å²) in [6, 6.07) is 4.77. The van der Waals surface area contributed by atoms with Crippen molar-refractivity contribution < 1.29 is 13.2 Å². The molecule has 7 heteroatoms. The molecule has 6 nitrogen and oxygen atoms in total. The van der Waals surface area contributed by atoms with Crippen LogP contribution in [0.4, 0.5) is 5.69 Å². The van der Waals surface area contributed by atoms with E-state index in [1.807, 2.05) is 25.7 Å². The summed E-state index contributed by atoms with van der Waals surface area (Å²) < 4.78 is 28.7. The summed E-state index contributed by atoms with van der Waals surface area (Å²) in [5, 5.41) is 2.84. The molecule has 1 heterocycles. The highest BCUT2D eigenvalue weighted by atomic mass is 32.2. The Kier molecular flexibility index (Phi) is 5.03. The van der Waals surface area contributed by atoms with E-state index in [1.54, 1.807) is 19.1 Å². The van der Waals surface area contributed by atoms with E-state index in [0.717, 1.165) is 12.8 Å². The van der Waals surface area contributed by atoms with E-state index in [2.05, 4.69) is 16.6 Å². The Labute approximate surface area is 144 Å². The van der Waals surface area contributed by atoms with Crippen LogP contribution in [0.25, 0.3) is 0 Å². The molecular weight excluding hydrogens is 326 g/mol. The van der Waals surface area contributed by atoms with Gasteiger partial charge in [-0.1, -0.05) is 13.3 Å². The van der Waals surface area contributed by atoms with Crippen molar-refractivity contribution in [3.8, 4) is 0 Å². The fourth-order valence-corrected chi connectivity index (χ4v) is 3.81. The summed E-state index contributed by atoms with van der Waals surface area (Å²) in [5.74, 6) is 0.162. The minimum Gasteiger partial charge on any atom is -0.347 e. The molecule has 0 spiro atoms. The molecule has 2 rings (SSSR count). The molecule has 0 unspecified atom stereocenters. The molecule has 0 saturated heterocycles. The average Bonchev–Trinajstić information content (AvgIpc) is 2.44. The summed E-state index contributed by atoms with van der Waals surface area (Å²) in [5.41, 5.74) is 0.508. The Morgan fingerprint density at radius 2 is 1.96 bits per heavy atom. The third-order valence-corrected chi connectivity index (χ3v) is 5.04. The molecule has 0 bridgehead atoms. The number of amidine groups is 1. The number of anilines is 1. The molecule has 1 amide bonds. The third kappa shape index (κ3) is 3.95. The molecule has 0 atom stereocenters. The number of amides is 1. The van der Waals surface area contributed by atoms with Crippen molar-refractivity contribution in [2.75, 3.05) is 11.4 Å². The van der Waals surface area contributed by atoms with Gasteiger partial charge < -0.3 is 10.2 Å². The number of fused-ring (bicyclic) bond motifs is 1. The van der Waals surface area contributed by atoms with Crippen LogP contribution in [0.1, 0.15) is 57.8 Å². The average molecular weight is 351 g/mol. The quantitative estimate of drug-likeness (QED) is 0.904. The number of nitrogens with zero attached hydrogens (tertiary/aromatic N) is 2. The molecule has 24 heavy (non-hydrogen) atoms. The van der Waals surface area contributed by atoms with Crippen molar-refractivity contribution in [3.63, 3.8) is 0 Å². The van der Waals surface area contributed by atoms with E-state index in [-0.39, 0.29) is 10.8 Å². The van der Waals surface area contributed by atoms with Gasteiger partial charge in [-0.2, -0.15) is 8.42 Å². The summed E-state index contributed by atoms with van der Waals surface area (Å²) >= 11 is 0. The molecule has 1 N–H and O–H groups in total. The summed E-state index contributed by atoms with van der Waals surface area (Å²) in [7, 11) is -3.78. The fraction of sp³-hybridized carbons (Fsp3) is 0.529. The van der Waals surface area contributed by atoms with Gasteiger partial charge in [0, 0.05) is 17.6 Å². The zero-order chi connectivity index (χ0) is 18.1. The normalized spacial score (nSPS) is 16.4. The molecule has 1 aliphatic rings. The first kappa shape index (κ1) is 18.4. The van der Waals surface area contributed by atoms with Crippen LogP contribution in [0, 0.1) is 0 Å². The Hall–Kier alpha value is -1.89. The zero-order valence-electron chi connectivity index (χ0n) is 14.9. The first-order valence-electron chi connectivity index (χ1n) is 8.11. The molecule has 0 fully saturated rings. The number of sulfonamides is 1. The largest absolute Gasteiger partial charge is 0.347 e. The smallest absolute Gasteiger partial charge is 0.286 e. The van der Waals surface area contributed by atoms with Gasteiger partial charge in [-0.05, 0) is 52.3 Å². The molecular formula is C17H25N3O3S. The minimum absolute atomic E-state index is 0.0887. The van der Waals surface area contributed by atoms with Crippen LogP contribution in [-0.2, 0) is 10.0 Å². The molecule has 0 radical (unpaired) electrons. The minimum atomic E-state index is -3.78. The van der Waals surface area contributed by atoms with Gasteiger partial charge in [-0.3, -0.25) is 4.79 Å². The lowest BCUT2D eigenvalue weighted by Crippen LogP contribution is -2.40. The highest BCUT2D eigenvalue weighted by molar-refractivity contribution is 7.90. The maximum absolute atomic E-state index is 12.4. The van der Waals surface area contributed by atoms with Gasteiger partial charge in [0.05, 0.1) is 5.69 Å². The van der Waals surface area contributed by atoms with Gasteiger partial charge in [0.2, 0.25) is 0 Å². The molecule has 132 valence electrons. The highest BCUT2D eigenvalue weighted by Gasteiger charge is 2.30. The topological polar surface area (TPSA) is 78.8 Å². The van der Waals surface area contributed by atoms with Crippen LogP contribution in [0.5, 0.6) is 0 Å². The molecule has 1 aromatic carbocycles. The third-order valence-electron chi connectivity index (χ3n) is 3.66.